The molecule has 3 aliphatic rings. The zero-order valence-corrected chi connectivity index (χ0v) is 12.1. The first-order valence-corrected chi connectivity index (χ1v) is 8.04. The summed E-state index contributed by atoms with van der Waals surface area (Å²) in [7, 11) is 0. The fourth-order valence-electron chi connectivity index (χ4n) is 3.35. The molecule has 0 amide bonds. The van der Waals surface area contributed by atoms with E-state index in [4.69, 9.17) is 23.2 Å². The Labute approximate surface area is 124 Å². The molecule has 1 aromatic rings. The molecule has 0 spiro atoms. The third-order valence-corrected chi connectivity index (χ3v) is 7.18. The van der Waals surface area contributed by atoms with Gasteiger partial charge in [-0.2, -0.15) is 11.8 Å². The zero-order valence-electron chi connectivity index (χ0n) is 9.75. The predicted octanol–water partition coefficient (Wildman–Crippen LogP) is 3.01. The molecule has 5 heteroatoms. The molecule has 0 radical (unpaired) electrons. The highest BCUT2D eigenvalue weighted by Gasteiger charge is 2.64. The number of carbonyl (C=O) groups is 2. The van der Waals surface area contributed by atoms with Gasteiger partial charge in [0, 0.05) is 27.5 Å². The number of carbonyl (C=O) groups excluding carboxylic acids is 2. The van der Waals surface area contributed by atoms with Gasteiger partial charge in [0.05, 0.1) is 16.7 Å². The number of hydrogen-bond donors (Lipinski definition) is 0. The summed E-state index contributed by atoms with van der Waals surface area (Å²) in [5.41, 5.74) is 1.06. The van der Waals surface area contributed by atoms with Gasteiger partial charge < -0.3 is 0 Å². The average molecular weight is 313 g/mol. The molecule has 6 unspecified atom stereocenters. The summed E-state index contributed by atoms with van der Waals surface area (Å²) in [5, 5.41) is -0.271. The molecule has 1 aliphatic heterocycles. The van der Waals surface area contributed by atoms with E-state index < -0.39 is 11.3 Å². The molecule has 4 rings (SSSR count). The van der Waals surface area contributed by atoms with E-state index in [1.165, 1.54) is 0 Å². The number of Topliss-reactive ketones (excluding diaryl/α,β-unsaturated/α-hetero) is 2. The first-order chi connectivity index (χ1) is 9.11. The van der Waals surface area contributed by atoms with Gasteiger partial charge in [-0.3, -0.25) is 9.59 Å². The van der Waals surface area contributed by atoms with Crippen LogP contribution >= 0.6 is 35.0 Å². The highest BCUT2D eigenvalue weighted by atomic mass is 35.5. The van der Waals surface area contributed by atoms with E-state index in [0.29, 0.717) is 11.1 Å². The van der Waals surface area contributed by atoms with E-state index in [2.05, 4.69) is 0 Å². The first kappa shape index (κ1) is 12.2. The molecule has 1 saturated carbocycles. The maximum absolute atomic E-state index is 12.6. The number of hydrogen-bond acceptors (Lipinski definition) is 3. The predicted molar refractivity (Wildman–Crippen MR) is 76.5 cm³/mol. The minimum Gasteiger partial charge on any atom is -0.294 e. The van der Waals surface area contributed by atoms with Crippen LogP contribution in [-0.2, 0) is 0 Å². The van der Waals surface area contributed by atoms with Crippen molar-refractivity contribution in [3.63, 3.8) is 0 Å². The largest absolute Gasteiger partial charge is 0.294 e. The number of halogens is 2. The average Bonchev–Trinajstić information content (AvgIpc) is 3.20. The van der Waals surface area contributed by atoms with Crippen LogP contribution in [0.3, 0.4) is 0 Å². The van der Waals surface area contributed by atoms with Gasteiger partial charge in [0.2, 0.25) is 0 Å². The second kappa shape index (κ2) is 4.00. The van der Waals surface area contributed by atoms with E-state index in [0.717, 1.165) is 0 Å². The molecule has 0 bridgehead atoms. The Morgan fingerprint density at radius 1 is 0.842 bits per heavy atom. The summed E-state index contributed by atoms with van der Waals surface area (Å²) in [4.78, 5) is 25.2. The topological polar surface area (TPSA) is 34.1 Å². The van der Waals surface area contributed by atoms with Crippen molar-refractivity contribution < 1.29 is 9.59 Å². The van der Waals surface area contributed by atoms with Gasteiger partial charge in [-0.05, 0) is 0 Å². The zero-order chi connectivity index (χ0) is 13.3. The molecule has 2 nitrogen and oxygen atoms in total. The molecule has 6 atom stereocenters. The second-order valence-corrected chi connectivity index (χ2v) is 7.65. The number of ketones is 2. The van der Waals surface area contributed by atoms with Crippen LogP contribution in [0.2, 0.25) is 0 Å². The summed E-state index contributed by atoms with van der Waals surface area (Å²) in [6.07, 6.45) is 0. The smallest absolute Gasteiger partial charge is 0.168 e. The van der Waals surface area contributed by atoms with Crippen LogP contribution in [0.25, 0.3) is 0 Å². The van der Waals surface area contributed by atoms with Crippen molar-refractivity contribution in [2.45, 2.75) is 21.3 Å². The Kier molecular flexibility index (Phi) is 2.58. The molecule has 0 aromatic heterocycles. The van der Waals surface area contributed by atoms with Crippen molar-refractivity contribution in [1.82, 2.24) is 0 Å². The van der Waals surface area contributed by atoms with E-state index in [9.17, 15) is 9.59 Å². The van der Waals surface area contributed by atoms with Crippen LogP contribution in [-0.4, -0.2) is 32.8 Å². The highest BCUT2D eigenvalue weighted by Crippen LogP contribution is 2.60. The van der Waals surface area contributed by atoms with Crippen LogP contribution in [0.15, 0.2) is 24.3 Å². The van der Waals surface area contributed by atoms with Gasteiger partial charge in [-0.25, -0.2) is 0 Å². The lowest BCUT2D eigenvalue weighted by molar-refractivity contribution is 0.0710. The quantitative estimate of drug-likeness (QED) is 0.545. The van der Waals surface area contributed by atoms with Gasteiger partial charge in [-0.1, -0.05) is 24.3 Å². The molecular formula is C14H10Cl2O2S. The maximum Gasteiger partial charge on any atom is 0.168 e. The van der Waals surface area contributed by atoms with Crippen LogP contribution < -0.4 is 0 Å². The lowest BCUT2D eigenvalue weighted by Gasteiger charge is -2.38. The summed E-state index contributed by atoms with van der Waals surface area (Å²) in [5.74, 6) is -0.691. The summed E-state index contributed by atoms with van der Waals surface area (Å²) in [6, 6.07) is 7.03. The Morgan fingerprint density at radius 3 is 2.05 bits per heavy atom. The van der Waals surface area contributed by atoms with Crippen molar-refractivity contribution in [2.24, 2.45) is 11.8 Å². The maximum atomic E-state index is 12.6. The van der Waals surface area contributed by atoms with Crippen LogP contribution in [0.4, 0.5) is 0 Å². The molecule has 98 valence electrons. The number of benzene rings is 1. The molecule has 19 heavy (non-hydrogen) atoms. The monoisotopic (exact) mass is 312 g/mol. The lowest BCUT2D eigenvalue weighted by atomic mass is 9.67. The van der Waals surface area contributed by atoms with Crippen LogP contribution in [0.5, 0.6) is 0 Å². The van der Waals surface area contributed by atoms with Crippen LogP contribution in [0, 0.1) is 11.8 Å². The molecular weight excluding hydrogens is 303 g/mol. The van der Waals surface area contributed by atoms with Gasteiger partial charge in [-0.15, -0.1) is 23.2 Å². The molecule has 1 saturated heterocycles. The normalized spacial score (nSPS) is 43.3. The van der Waals surface area contributed by atoms with Gasteiger partial charge >= 0.3 is 0 Å². The van der Waals surface area contributed by atoms with Crippen molar-refractivity contribution in [1.29, 1.82) is 0 Å². The molecule has 1 aromatic carbocycles. The van der Waals surface area contributed by atoms with E-state index in [1.54, 1.807) is 36.0 Å². The summed E-state index contributed by atoms with van der Waals surface area (Å²) < 4.78 is 0. The number of rotatable bonds is 0. The van der Waals surface area contributed by atoms with Gasteiger partial charge in [0.25, 0.3) is 0 Å². The third kappa shape index (κ3) is 1.52. The Hall–Kier alpha value is -0.510. The van der Waals surface area contributed by atoms with E-state index in [-0.39, 0.29) is 33.4 Å². The number of fused-ring (bicyclic) bond motifs is 4. The Bertz CT molecular complexity index is 603. The summed E-state index contributed by atoms with van der Waals surface area (Å²) in [6.45, 7) is 0. The molecule has 0 N–H and O–H groups in total. The first-order valence-electron chi connectivity index (χ1n) is 6.22. The highest BCUT2D eigenvalue weighted by molar-refractivity contribution is 8.07. The Morgan fingerprint density at radius 2 is 1.42 bits per heavy atom. The second-order valence-electron chi connectivity index (χ2n) is 5.28. The van der Waals surface area contributed by atoms with Crippen molar-refractivity contribution in [3.05, 3.63) is 35.4 Å². The van der Waals surface area contributed by atoms with Crippen molar-refractivity contribution >= 4 is 46.5 Å². The van der Waals surface area contributed by atoms with E-state index >= 15 is 0 Å². The number of thioether (sulfide) groups is 1. The fourth-order valence-corrected chi connectivity index (χ4v) is 5.84. The number of alkyl halides is 2. The fraction of sp³-hybridized carbons (Fsp3) is 0.429. The molecule has 1 heterocycles. The lowest BCUT2D eigenvalue weighted by Crippen LogP contribution is -2.51. The van der Waals surface area contributed by atoms with Crippen molar-refractivity contribution in [2.75, 3.05) is 0 Å². The standard InChI is InChI=1S/C14H10Cl2O2S/c15-9-7-8(13-14(19-13)10(9)16)12(18)6-4-2-1-3-5(6)11(7)17/h1-4,7-10,13-14H. The molecule has 2 aliphatic carbocycles. The van der Waals surface area contributed by atoms with Crippen molar-refractivity contribution in [3.8, 4) is 0 Å². The molecule has 2 fully saturated rings. The van der Waals surface area contributed by atoms with Crippen LogP contribution in [0.1, 0.15) is 20.7 Å². The van der Waals surface area contributed by atoms with E-state index in [1.807, 2.05) is 0 Å². The Balaban J connectivity index is 1.88. The van der Waals surface area contributed by atoms with Gasteiger partial charge in [0.1, 0.15) is 0 Å². The minimum atomic E-state index is -0.456. The van der Waals surface area contributed by atoms with Gasteiger partial charge in [0.15, 0.2) is 11.6 Å². The SMILES string of the molecule is O=C1c2ccccc2C(=O)C2C3SC3C(Cl)C(Cl)C12. The minimum absolute atomic E-state index is 0.0169. The third-order valence-electron chi connectivity index (χ3n) is 4.33. The summed E-state index contributed by atoms with van der Waals surface area (Å²) >= 11 is 14.4.